The van der Waals surface area contributed by atoms with Crippen LogP contribution in [-0.4, -0.2) is 12.6 Å². The third-order valence-corrected chi connectivity index (χ3v) is 4.22. The molecule has 2 heteroatoms. The Labute approximate surface area is 111 Å². The Morgan fingerprint density at radius 1 is 1.11 bits per heavy atom. The van der Waals surface area contributed by atoms with Gasteiger partial charge in [0.2, 0.25) is 0 Å². The van der Waals surface area contributed by atoms with Gasteiger partial charge in [-0.05, 0) is 57.2 Å². The van der Waals surface area contributed by atoms with Gasteiger partial charge in [0.15, 0.2) is 0 Å². The molecule has 0 radical (unpaired) electrons. The molecule has 1 aromatic carbocycles. The maximum Gasteiger partial charge on any atom is 0.0402 e. The Balaban J connectivity index is 2.17. The van der Waals surface area contributed by atoms with Gasteiger partial charge in [0.05, 0.1) is 0 Å². The van der Waals surface area contributed by atoms with Crippen molar-refractivity contribution in [3.63, 3.8) is 0 Å². The van der Waals surface area contributed by atoms with E-state index in [-0.39, 0.29) is 0 Å². The molecular formula is C16H26N2. The molecule has 0 bridgehead atoms. The summed E-state index contributed by atoms with van der Waals surface area (Å²) >= 11 is 0. The van der Waals surface area contributed by atoms with Crippen LogP contribution in [0.4, 0.5) is 5.69 Å². The molecule has 0 amide bonds. The fourth-order valence-electron chi connectivity index (χ4n) is 3.27. The number of benzene rings is 1. The van der Waals surface area contributed by atoms with Crippen molar-refractivity contribution in [3.8, 4) is 0 Å². The van der Waals surface area contributed by atoms with Gasteiger partial charge >= 0.3 is 0 Å². The Kier molecular flexibility index (Phi) is 4.28. The van der Waals surface area contributed by atoms with E-state index in [1.807, 2.05) is 0 Å². The van der Waals surface area contributed by atoms with E-state index in [9.17, 15) is 0 Å². The molecule has 2 unspecified atom stereocenters. The predicted molar refractivity (Wildman–Crippen MR) is 79.1 cm³/mol. The molecular weight excluding hydrogens is 220 g/mol. The largest absolute Gasteiger partial charge is 0.382 e. The lowest BCUT2D eigenvalue weighted by molar-refractivity contribution is 0.332. The van der Waals surface area contributed by atoms with Crippen molar-refractivity contribution in [3.05, 3.63) is 28.8 Å². The summed E-state index contributed by atoms with van der Waals surface area (Å²) < 4.78 is 0. The average Bonchev–Trinajstić information content (AvgIpc) is 2.34. The van der Waals surface area contributed by atoms with E-state index < -0.39 is 0 Å². The smallest absolute Gasteiger partial charge is 0.0402 e. The van der Waals surface area contributed by atoms with Gasteiger partial charge in [-0.2, -0.15) is 0 Å². The lowest BCUT2D eigenvalue weighted by Gasteiger charge is -2.33. The van der Waals surface area contributed by atoms with Crippen LogP contribution in [0.1, 0.15) is 42.4 Å². The molecule has 2 atom stereocenters. The highest BCUT2D eigenvalue weighted by atomic mass is 14.9. The van der Waals surface area contributed by atoms with Gasteiger partial charge < -0.3 is 11.1 Å². The van der Waals surface area contributed by atoms with Crippen molar-refractivity contribution in [2.75, 3.05) is 11.9 Å². The van der Waals surface area contributed by atoms with Crippen molar-refractivity contribution in [2.24, 2.45) is 11.7 Å². The van der Waals surface area contributed by atoms with E-state index in [1.54, 1.807) is 0 Å². The minimum Gasteiger partial charge on any atom is -0.382 e. The van der Waals surface area contributed by atoms with Crippen LogP contribution in [0.5, 0.6) is 0 Å². The van der Waals surface area contributed by atoms with Crippen LogP contribution in [0.2, 0.25) is 0 Å². The summed E-state index contributed by atoms with van der Waals surface area (Å²) in [5.41, 5.74) is 11.3. The minimum atomic E-state index is 0.559. The van der Waals surface area contributed by atoms with E-state index in [2.05, 4.69) is 38.2 Å². The molecule has 100 valence electrons. The Morgan fingerprint density at radius 3 is 2.33 bits per heavy atom. The van der Waals surface area contributed by atoms with Crippen molar-refractivity contribution in [1.82, 2.24) is 0 Å². The number of hydrogen-bond donors (Lipinski definition) is 2. The van der Waals surface area contributed by atoms with Crippen molar-refractivity contribution >= 4 is 5.69 Å². The zero-order valence-corrected chi connectivity index (χ0v) is 11.9. The summed E-state index contributed by atoms with van der Waals surface area (Å²) in [6.07, 6.45) is 5.21. The van der Waals surface area contributed by atoms with Crippen molar-refractivity contribution in [1.29, 1.82) is 0 Å². The van der Waals surface area contributed by atoms with E-state index in [1.165, 1.54) is 48.1 Å². The van der Waals surface area contributed by atoms with Gasteiger partial charge in [0, 0.05) is 11.7 Å². The molecule has 0 heterocycles. The summed E-state index contributed by atoms with van der Waals surface area (Å²) in [5.74, 6) is 0.638. The maximum atomic E-state index is 5.91. The Morgan fingerprint density at radius 2 is 1.72 bits per heavy atom. The fourth-order valence-corrected chi connectivity index (χ4v) is 3.27. The van der Waals surface area contributed by atoms with Crippen LogP contribution in [0.15, 0.2) is 12.1 Å². The molecule has 1 saturated carbocycles. The van der Waals surface area contributed by atoms with Gasteiger partial charge in [-0.3, -0.25) is 0 Å². The van der Waals surface area contributed by atoms with E-state index in [0.29, 0.717) is 12.0 Å². The topological polar surface area (TPSA) is 38.0 Å². The fraction of sp³-hybridized carbons (Fsp3) is 0.625. The SMILES string of the molecule is Cc1cc(C)c(NC2CCCCC2CN)c(C)c1. The highest BCUT2D eigenvalue weighted by Crippen LogP contribution is 2.29. The quantitative estimate of drug-likeness (QED) is 0.856. The standard InChI is InChI=1S/C16H26N2/c1-11-8-12(2)16(13(3)9-11)18-15-7-5-4-6-14(15)10-17/h8-9,14-15,18H,4-7,10,17H2,1-3H3. The van der Waals surface area contributed by atoms with Crippen molar-refractivity contribution in [2.45, 2.75) is 52.5 Å². The van der Waals surface area contributed by atoms with Crippen LogP contribution in [-0.2, 0) is 0 Å². The van der Waals surface area contributed by atoms with Crippen LogP contribution >= 0.6 is 0 Å². The molecule has 3 N–H and O–H groups in total. The highest BCUT2D eigenvalue weighted by Gasteiger charge is 2.24. The van der Waals surface area contributed by atoms with Gasteiger partial charge in [-0.25, -0.2) is 0 Å². The zero-order valence-electron chi connectivity index (χ0n) is 11.9. The van der Waals surface area contributed by atoms with E-state index in [0.717, 1.165) is 6.54 Å². The monoisotopic (exact) mass is 246 g/mol. The second-order valence-electron chi connectivity index (χ2n) is 5.80. The normalized spacial score (nSPS) is 24.0. The van der Waals surface area contributed by atoms with Crippen LogP contribution in [0.25, 0.3) is 0 Å². The number of aryl methyl sites for hydroxylation is 3. The lowest BCUT2D eigenvalue weighted by atomic mass is 9.84. The number of hydrogen-bond acceptors (Lipinski definition) is 2. The number of anilines is 1. The van der Waals surface area contributed by atoms with Gasteiger partial charge in [0.1, 0.15) is 0 Å². The molecule has 2 rings (SSSR count). The minimum absolute atomic E-state index is 0.559. The van der Waals surface area contributed by atoms with Crippen LogP contribution < -0.4 is 11.1 Å². The third kappa shape index (κ3) is 2.86. The number of nitrogens with one attached hydrogen (secondary N) is 1. The second kappa shape index (κ2) is 5.75. The maximum absolute atomic E-state index is 5.91. The molecule has 1 aliphatic carbocycles. The molecule has 2 nitrogen and oxygen atoms in total. The molecule has 18 heavy (non-hydrogen) atoms. The molecule has 1 fully saturated rings. The van der Waals surface area contributed by atoms with Crippen LogP contribution in [0.3, 0.4) is 0 Å². The van der Waals surface area contributed by atoms with Gasteiger partial charge in [-0.15, -0.1) is 0 Å². The first-order chi connectivity index (χ1) is 8.61. The molecule has 0 aromatic heterocycles. The summed E-state index contributed by atoms with van der Waals surface area (Å²) in [4.78, 5) is 0. The highest BCUT2D eigenvalue weighted by molar-refractivity contribution is 5.58. The molecule has 1 aliphatic rings. The zero-order chi connectivity index (χ0) is 13.1. The first-order valence-corrected chi connectivity index (χ1v) is 7.16. The molecule has 1 aromatic rings. The summed E-state index contributed by atoms with van der Waals surface area (Å²) in [6.45, 7) is 7.36. The molecule has 0 spiro atoms. The lowest BCUT2D eigenvalue weighted by Crippen LogP contribution is -2.37. The summed E-state index contributed by atoms with van der Waals surface area (Å²) in [6, 6.07) is 5.08. The second-order valence-corrected chi connectivity index (χ2v) is 5.80. The Bertz CT molecular complexity index is 389. The number of nitrogens with two attached hydrogens (primary N) is 1. The first kappa shape index (κ1) is 13.4. The first-order valence-electron chi connectivity index (χ1n) is 7.16. The van der Waals surface area contributed by atoms with E-state index >= 15 is 0 Å². The predicted octanol–water partition coefficient (Wildman–Crippen LogP) is 3.54. The van der Waals surface area contributed by atoms with Crippen molar-refractivity contribution < 1.29 is 0 Å². The average molecular weight is 246 g/mol. The van der Waals surface area contributed by atoms with Crippen LogP contribution in [0, 0.1) is 26.7 Å². The van der Waals surface area contributed by atoms with Gasteiger partial charge in [0.25, 0.3) is 0 Å². The van der Waals surface area contributed by atoms with Gasteiger partial charge in [-0.1, -0.05) is 30.5 Å². The third-order valence-electron chi connectivity index (χ3n) is 4.22. The number of rotatable bonds is 3. The molecule has 0 aliphatic heterocycles. The summed E-state index contributed by atoms with van der Waals surface area (Å²) in [5, 5.41) is 3.77. The summed E-state index contributed by atoms with van der Waals surface area (Å²) in [7, 11) is 0. The van der Waals surface area contributed by atoms with E-state index in [4.69, 9.17) is 5.73 Å². The Hall–Kier alpha value is -1.02. The molecule has 0 saturated heterocycles.